The molecule has 5 N–H and O–H groups in total. The Morgan fingerprint density at radius 1 is 1.07 bits per heavy atom. The Balaban J connectivity index is 0.00000210. The molecule has 2 aromatic rings. The van der Waals surface area contributed by atoms with Crippen LogP contribution in [-0.2, 0) is 9.59 Å². The molecule has 2 aromatic carbocycles. The highest BCUT2D eigenvalue weighted by molar-refractivity contribution is 5.95. The van der Waals surface area contributed by atoms with Crippen LogP contribution in [0.3, 0.4) is 0 Å². The van der Waals surface area contributed by atoms with Crippen molar-refractivity contribution in [3.05, 3.63) is 54.1 Å². The molecule has 1 saturated heterocycles. The average Bonchev–Trinajstić information content (AvgIpc) is 3.13. The molecular weight excluding hydrogens is 415 g/mol. The van der Waals surface area contributed by atoms with Gasteiger partial charge in [-0.05, 0) is 49.7 Å². The molecule has 158 valence electrons. The molecule has 0 radical (unpaired) electrons. The highest BCUT2D eigenvalue weighted by atomic mass is 35.5. The molecule has 3 rings (SSSR count). The lowest BCUT2D eigenvalue weighted by Crippen LogP contribution is -2.39. The van der Waals surface area contributed by atoms with Gasteiger partial charge in [-0.25, -0.2) is 0 Å². The molecule has 1 heterocycles. The first-order valence-corrected chi connectivity index (χ1v) is 8.92. The van der Waals surface area contributed by atoms with E-state index in [1.165, 1.54) is 5.56 Å². The van der Waals surface area contributed by atoms with E-state index in [9.17, 15) is 9.59 Å². The Kier molecular flexibility index (Phi) is 9.91. The van der Waals surface area contributed by atoms with Gasteiger partial charge >= 0.3 is 0 Å². The van der Waals surface area contributed by atoms with Gasteiger partial charge in [0.1, 0.15) is 11.5 Å². The lowest BCUT2D eigenvalue weighted by Gasteiger charge is -2.13. The second-order valence-electron chi connectivity index (χ2n) is 6.59. The van der Waals surface area contributed by atoms with Crippen molar-refractivity contribution in [3.63, 3.8) is 0 Å². The number of carbonyl (C=O) groups is 2. The maximum Gasteiger partial charge on any atom is 0.241 e. The third kappa shape index (κ3) is 7.21. The highest BCUT2D eigenvalue weighted by Gasteiger charge is 2.30. The fourth-order valence-corrected chi connectivity index (χ4v) is 2.91. The number of amides is 2. The van der Waals surface area contributed by atoms with Crippen molar-refractivity contribution in [1.82, 2.24) is 10.6 Å². The van der Waals surface area contributed by atoms with Crippen LogP contribution in [0.15, 0.2) is 48.5 Å². The van der Waals surface area contributed by atoms with Crippen molar-refractivity contribution < 1.29 is 14.3 Å². The van der Waals surface area contributed by atoms with Crippen LogP contribution >= 0.6 is 24.8 Å². The minimum absolute atomic E-state index is 0. The van der Waals surface area contributed by atoms with Gasteiger partial charge in [0.2, 0.25) is 11.8 Å². The number of benzene rings is 2. The first kappa shape index (κ1) is 24.7. The van der Waals surface area contributed by atoms with Gasteiger partial charge in [0, 0.05) is 18.3 Å². The minimum atomic E-state index is -0.350. The van der Waals surface area contributed by atoms with Crippen molar-refractivity contribution >= 4 is 42.3 Å². The van der Waals surface area contributed by atoms with Crippen molar-refractivity contribution in [2.24, 2.45) is 5.73 Å². The third-order valence-electron chi connectivity index (χ3n) is 4.38. The maximum absolute atomic E-state index is 12.4. The molecule has 29 heavy (non-hydrogen) atoms. The van der Waals surface area contributed by atoms with Crippen LogP contribution in [0.5, 0.6) is 11.5 Å². The van der Waals surface area contributed by atoms with Gasteiger partial charge in [0.25, 0.3) is 0 Å². The number of halogens is 2. The first-order chi connectivity index (χ1) is 13.0. The number of ether oxygens (including phenoxy) is 1. The van der Waals surface area contributed by atoms with Crippen LogP contribution in [0.25, 0.3) is 0 Å². The number of hydrogen-bond donors (Lipinski definition) is 4. The fraction of sp³-hybridized carbons (Fsp3) is 0.300. The summed E-state index contributed by atoms with van der Waals surface area (Å²) in [5.74, 6) is 1.11. The van der Waals surface area contributed by atoms with Crippen LogP contribution in [0.1, 0.15) is 12.0 Å². The van der Waals surface area contributed by atoms with Gasteiger partial charge in [0.05, 0.1) is 12.6 Å². The quantitative estimate of drug-likeness (QED) is 0.551. The molecule has 2 amide bonds. The SMILES string of the molecule is Cc1ccc(Oc2ccc(NC(=O)[C@@H]3C[C@@H](NC(=O)CN)CN3)cc2)cc1.Cl.Cl. The van der Waals surface area contributed by atoms with Gasteiger partial charge in [0.15, 0.2) is 0 Å². The zero-order chi connectivity index (χ0) is 19.2. The molecule has 0 saturated carbocycles. The van der Waals surface area contributed by atoms with E-state index in [0.717, 1.165) is 5.75 Å². The summed E-state index contributed by atoms with van der Waals surface area (Å²) in [5.41, 5.74) is 7.15. The zero-order valence-electron chi connectivity index (χ0n) is 16.0. The van der Waals surface area contributed by atoms with E-state index in [1.54, 1.807) is 12.1 Å². The van der Waals surface area contributed by atoms with Gasteiger partial charge in [-0.2, -0.15) is 0 Å². The number of hydrogen-bond acceptors (Lipinski definition) is 5. The predicted molar refractivity (Wildman–Crippen MR) is 118 cm³/mol. The Hall–Kier alpha value is -2.32. The smallest absolute Gasteiger partial charge is 0.241 e. The molecular formula is C20H26Cl2N4O3. The summed E-state index contributed by atoms with van der Waals surface area (Å²) in [6, 6.07) is 14.6. The lowest BCUT2D eigenvalue weighted by atomic mass is 10.1. The molecule has 0 spiro atoms. The number of nitrogens with two attached hydrogens (primary N) is 1. The number of anilines is 1. The number of rotatable bonds is 6. The van der Waals surface area contributed by atoms with Crippen LogP contribution in [0.4, 0.5) is 5.69 Å². The summed E-state index contributed by atoms with van der Waals surface area (Å²) in [6.07, 6.45) is 0.534. The van der Waals surface area contributed by atoms with E-state index in [-0.39, 0.29) is 55.3 Å². The van der Waals surface area contributed by atoms with E-state index in [2.05, 4.69) is 16.0 Å². The molecule has 1 aliphatic rings. The normalized spacial score (nSPS) is 17.4. The van der Waals surface area contributed by atoms with Crippen molar-refractivity contribution in [2.75, 3.05) is 18.4 Å². The van der Waals surface area contributed by atoms with Crippen LogP contribution < -0.4 is 26.4 Å². The van der Waals surface area contributed by atoms with E-state index >= 15 is 0 Å². The van der Waals surface area contributed by atoms with E-state index in [1.807, 2.05) is 43.3 Å². The Bertz CT molecular complexity index is 800. The minimum Gasteiger partial charge on any atom is -0.457 e. The molecule has 0 aromatic heterocycles. The average molecular weight is 441 g/mol. The Labute approximate surface area is 182 Å². The van der Waals surface area contributed by atoms with Gasteiger partial charge in [-0.1, -0.05) is 17.7 Å². The molecule has 7 nitrogen and oxygen atoms in total. The summed E-state index contributed by atoms with van der Waals surface area (Å²) < 4.78 is 5.78. The monoisotopic (exact) mass is 440 g/mol. The Morgan fingerprint density at radius 2 is 1.66 bits per heavy atom. The van der Waals surface area contributed by atoms with E-state index in [0.29, 0.717) is 24.4 Å². The van der Waals surface area contributed by atoms with Gasteiger partial charge in [-0.15, -0.1) is 24.8 Å². The molecule has 9 heteroatoms. The number of nitrogens with one attached hydrogen (secondary N) is 3. The summed E-state index contributed by atoms with van der Waals surface area (Å²) in [4.78, 5) is 23.7. The fourth-order valence-electron chi connectivity index (χ4n) is 2.91. The maximum atomic E-state index is 12.4. The lowest BCUT2D eigenvalue weighted by molar-refractivity contribution is -0.121. The van der Waals surface area contributed by atoms with Crippen molar-refractivity contribution in [3.8, 4) is 11.5 Å². The van der Waals surface area contributed by atoms with E-state index in [4.69, 9.17) is 10.5 Å². The number of aryl methyl sites for hydroxylation is 1. The third-order valence-corrected chi connectivity index (χ3v) is 4.38. The van der Waals surface area contributed by atoms with E-state index < -0.39 is 0 Å². The number of carbonyl (C=O) groups excluding carboxylic acids is 2. The van der Waals surface area contributed by atoms with Crippen LogP contribution in [0.2, 0.25) is 0 Å². The summed E-state index contributed by atoms with van der Waals surface area (Å²) in [7, 11) is 0. The summed E-state index contributed by atoms with van der Waals surface area (Å²) in [6.45, 7) is 2.52. The molecule has 1 fully saturated rings. The predicted octanol–water partition coefficient (Wildman–Crippen LogP) is 2.37. The van der Waals surface area contributed by atoms with Crippen molar-refractivity contribution in [1.29, 1.82) is 0 Å². The van der Waals surface area contributed by atoms with Crippen LogP contribution in [-0.4, -0.2) is 37.0 Å². The highest BCUT2D eigenvalue weighted by Crippen LogP contribution is 2.23. The first-order valence-electron chi connectivity index (χ1n) is 8.92. The molecule has 0 aliphatic carbocycles. The Morgan fingerprint density at radius 3 is 2.24 bits per heavy atom. The van der Waals surface area contributed by atoms with Gasteiger partial charge < -0.3 is 26.4 Å². The molecule has 0 unspecified atom stereocenters. The molecule has 0 bridgehead atoms. The largest absolute Gasteiger partial charge is 0.457 e. The summed E-state index contributed by atoms with van der Waals surface area (Å²) in [5, 5.41) is 8.78. The van der Waals surface area contributed by atoms with Crippen LogP contribution in [0, 0.1) is 6.92 Å². The standard InChI is InChI=1S/C20H24N4O3.2ClH/c1-13-2-6-16(7-3-13)27-17-8-4-14(5-9-17)24-20(26)18-10-15(12-22-18)23-19(25)11-21;;/h2-9,15,18,22H,10-12,21H2,1H3,(H,23,25)(H,24,26);2*1H/t15-,18+;;/m1../s1. The van der Waals surface area contributed by atoms with Gasteiger partial charge in [-0.3, -0.25) is 9.59 Å². The summed E-state index contributed by atoms with van der Waals surface area (Å²) >= 11 is 0. The zero-order valence-corrected chi connectivity index (χ0v) is 17.6. The van der Waals surface area contributed by atoms with Crippen molar-refractivity contribution in [2.45, 2.75) is 25.4 Å². The molecule has 2 atom stereocenters. The topological polar surface area (TPSA) is 105 Å². The second-order valence-corrected chi connectivity index (χ2v) is 6.59. The second kappa shape index (κ2) is 11.6. The molecule has 1 aliphatic heterocycles.